The number of carbonyl (C=O) groups is 1. The molecule has 3 unspecified atom stereocenters. The lowest BCUT2D eigenvalue weighted by molar-refractivity contribution is -0.137. The molecule has 0 saturated carbocycles. The van der Waals surface area contributed by atoms with Gasteiger partial charge in [0.05, 0.1) is 5.92 Å². The minimum atomic E-state index is -0.226. The van der Waals surface area contributed by atoms with Crippen molar-refractivity contribution in [2.24, 2.45) is 0 Å². The Bertz CT molecular complexity index is 814. The molecule has 0 spiro atoms. The van der Waals surface area contributed by atoms with Crippen LogP contribution in [0.5, 0.6) is 11.5 Å². The number of halogens is 1. The molecule has 2 aromatic carbocycles. The number of carbonyl (C=O) groups excluding carboxylic acids is 1. The van der Waals surface area contributed by atoms with Crippen molar-refractivity contribution in [3.05, 3.63) is 59.7 Å². The summed E-state index contributed by atoms with van der Waals surface area (Å²) in [5, 5.41) is 3.63. The van der Waals surface area contributed by atoms with Crippen LogP contribution >= 0.6 is 12.4 Å². The number of nitrogens with one attached hydrogen (secondary N) is 1. The van der Waals surface area contributed by atoms with Crippen LogP contribution in [0.2, 0.25) is 0 Å². The van der Waals surface area contributed by atoms with Crippen LogP contribution in [0.1, 0.15) is 42.7 Å². The highest BCUT2D eigenvalue weighted by Crippen LogP contribution is 2.37. The highest BCUT2D eigenvalue weighted by molar-refractivity contribution is 5.85. The maximum Gasteiger partial charge on any atom is 0.319 e. The molecule has 2 bridgehead atoms. The van der Waals surface area contributed by atoms with Crippen molar-refractivity contribution >= 4 is 18.4 Å². The SMILES string of the molecule is Cl.O=C1Oc2cc(OC3CC4CCC(C3)N4)ccc2CC1c1ccccc1. The molecule has 4 nitrogen and oxygen atoms in total. The number of ether oxygens (including phenoxy) is 2. The Hall–Kier alpha value is -2.04. The number of hydrogen-bond donors (Lipinski definition) is 1. The van der Waals surface area contributed by atoms with Crippen molar-refractivity contribution in [3.8, 4) is 11.5 Å². The predicted octanol–water partition coefficient (Wildman–Crippen LogP) is 4.02. The third-order valence-corrected chi connectivity index (χ3v) is 5.89. The number of benzene rings is 2. The third kappa shape index (κ3) is 3.69. The molecule has 0 aromatic heterocycles. The molecule has 142 valence electrons. The van der Waals surface area contributed by atoms with E-state index >= 15 is 0 Å². The standard InChI is InChI=1S/C22H23NO3.ClH/c24-22-20(14-4-2-1-3-5-14)10-15-6-9-18(13-21(15)26-22)25-19-11-16-7-8-17(12-19)23-16;/h1-6,9,13,16-17,19-20,23H,7-8,10-12H2;1H. The second-order valence-electron chi connectivity index (χ2n) is 7.71. The van der Waals surface area contributed by atoms with Gasteiger partial charge in [-0.15, -0.1) is 12.4 Å². The molecule has 3 heterocycles. The van der Waals surface area contributed by atoms with E-state index in [0.29, 0.717) is 24.3 Å². The summed E-state index contributed by atoms with van der Waals surface area (Å²) in [6.45, 7) is 0. The molecule has 3 aliphatic heterocycles. The van der Waals surface area contributed by atoms with Gasteiger partial charge in [0.1, 0.15) is 17.6 Å². The van der Waals surface area contributed by atoms with Gasteiger partial charge in [-0.05, 0) is 49.3 Å². The van der Waals surface area contributed by atoms with E-state index in [1.165, 1.54) is 12.8 Å². The van der Waals surface area contributed by atoms with Crippen molar-refractivity contribution in [1.29, 1.82) is 0 Å². The van der Waals surface area contributed by atoms with E-state index < -0.39 is 0 Å². The first-order valence-corrected chi connectivity index (χ1v) is 9.57. The van der Waals surface area contributed by atoms with Gasteiger partial charge in [-0.2, -0.15) is 0 Å². The summed E-state index contributed by atoms with van der Waals surface area (Å²) in [6, 6.07) is 17.0. The molecule has 5 rings (SSSR count). The van der Waals surface area contributed by atoms with E-state index in [9.17, 15) is 4.79 Å². The Kier molecular flexibility index (Phi) is 5.11. The van der Waals surface area contributed by atoms with Crippen LogP contribution in [-0.2, 0) is 11.2 Å². The number of esters is 1. The monoisotopic (exact) mass is 385 g/mol. The van der Waals surface area contributed by atoms with Crippen molar-refractivity contribution in [3.63, 3.8) is 0 Å². The van der Waals surface area contributed by atoms with Crippen molar-refractivity contribution in [1.82, 2.24) is 5.32 Å². The molecule has 27 heavy (non-hydrogen) atoms. The normalized spacial score (nSPS) is 28.7. The van der Waals surface area contributed by atoms with Crippen molar-refractivity contribution < 1.29 is 14.3 Å². The molecule has 3 atom stereocenters. The summed E-state index contributed by atoms with van der Waals surface area (Å²) in [4.78, 5) is 12.5. The van der Waals surface area contributed by atoms with Gasteiger partial charge in [0.2, 0.25) is 0 Å². The van der Waals surface area contributed by atoms with Gasteiger partial charge < -0.3 is 14.8 Å². The van der Waals surface area contributed by atoms with Gasteiger partial charge >= 0.3 is 5.97 Å². The van der Waals surface area contributed by atoms with E-state index in [0.717, 1.165) is 29.7 Å². The molecule has 2 saturated heterocycles. The zero-order chi connectivity index (χ0) is 17.5. The lowest BCUT2D eigenvalue weighted by Gasteiger charge is -2.30. The molecular formula is C22H24ClNO3. The van der Waals surface area contributed by atoms with E-state index in [2.05, 4.69) is 5.32 Å². The number of fused-ring (bicyclic) bond motifs is 3. The molecule has 0 radical (unpaired) electrons. The summed E-state index contributed by atoms with van der Waals surface area (Å²) in [5.41, 5.74) is 2.07. The van der Waals surface area contributed by atoms with Gasteiger partial charge in [-0.1, -0.05) is 36.4 Å². The van der Waals surface area contributed by atoms with Gasteiger partial charge in [0.15, 0.2) is 0 Å². The molecule has 2 fully saturated rings. The van der Waals surface area contributed by atoms with Crippen LogP contribution in [0, 0.1) is 0 Å². The van der Waals surface area contributed by atoms with Crippen LogP contribution in [0.3, 0.4) is 0 Å². The molecule has 5 heteroatoms. The number of piperidine rings is 1. The fourth-order valence-corrected chi connectivity index (χ4v) is 4.59. The fraction of sp³-hybridized carbons (Fsp3) is 0.409. The van der Waals surface area contributed by atoms with Crippen molar-refractivity contribution in [2.45, 2.75) is 56.2 Å². The molecule has 0 amide bonds. The summed E-state index contributed by atoms with van der Waals surface area (Å²) >= 11 is 0. The van der Waals surface area contributed by atoms with Gasteiger partial charge in [0, 0.05) is 18.2 Å². The highest BCUT2D eigenvalue weighted by Gasteiger charge is 2.35. The van der Waals surface area contributed by atoms with Crippen LogP contribution in [0.15, 0.2) is 48.5 Å². The second kappa shape index (κ2) is 7.53. The molecular weight excluding hydrogens is 362 g/mol. The average molecular weight is 386 g/mol. The molecule has 2 aromatic rings. The van der Waals surface area contributed by atoms with E-state index in [4.69, 9.17) is 9.47 Å². The zero-order valence-corrected chi connectivity index (χ0v) is 15.9. The highest BCUT2D eigenvalue weighted by atomic mass is 35.5. The second-order valence-corrected chi connectivity index (χ2v) is 7.71. The van der Waals surface area contributed by atoms with Crippen LogP contribution in [0.4, 0.5) is 0 Å². The van der Waals surface area contributed by atoms with Crippen LogP contribution < -0.4 is 14.8 Å². The minimum Gasteiger partial charge on any atom is -0.490 e. The Balaban J connectivity index is 0.00000180. The zero-order valence-electron chi connectivity index (χ0n) is 15.1. The maximum absolute atomic E-state index is 12.5. The molecule has 1 N–H and O–H groups in total. The molecule has 3 aliphatic rings. The van der Waals surface area contributed by atoms with E-state index in [1.807, 2.05) is 48.5 Å². The van der Waals surface area contributed by atoms with E-state index in [-0.39, 0.29) is 30.4 Å². The molecule has 0 aliphatic carbocycles. The quantitative estimate of drug-likeness (QED) is 0.640. The summed E-state index contributed by atoms with van der Waals surface area (Å²) in [5.74, 6) is 1.05. The van der Waals surface area contributed by atoms with Crippen molar-refractivity contribution in [2.75, 3.05) is 0 Å². The summed E-state index contributed by atoms with van der Waals surface area (Å²) in [7, 11) is 0. The first-order chi connectivity index (χ1) is 12.7. The van der Waals surface area contributed by atoms with E-state index in [1.54, 1.807) is 0 Å². The Labute approximate surface area is 165 Å². The Morgan fingerprint density at radius 3 is 2.48 bits per heavy atom. The predicted molar refractivity (Wildman–Crippen MR) is 106 cm³/mol. The largest absolute Gasteiger partial charge is 0.490 e. The number of hydrogen-bond acceptors (Lipinski definition) is 4. The number of rotatable bonds is 3. The first-order valence-electron chi connectivity index (χ1n) is 9.57. The lowest BCUT2D eigenvalue weighted by atomic mass is 9.90. The van der Waals surface area contributed by atoms with Crippen LogP contribution in [0.25, 0.3) is 0 Å². The third-order valence-electron chi connectivity index (χ3n) is 5.89. The maximum atomic E-state index is 12.5. The Morgan fingerprint density at radius 1 is 1.00 bits per heavy atom. The smallest absolute Gasteiger partial charge is 0.319 e. The lowest BCUT2D eigenvalue weighted by Crippen LogP contribution is -2.42. The average Bonchev–Trinajstić information content (AvgIpc) is 3.00. The Morgan fingerprint density at radius 2 is 1.74 bits per heavy atom. The topological polar surface area (TPSA) is 47.6 Å². The van der Waals surface area contributed by atoms with Crippen LogP contribution in [-0.4, -0.2) is 24.2 Å². The summed E-state index contributed by atoms with van der Waals surface area (Å²) < 4.78 is 11.9. The van der Waals surface area contributed by atoms with Gasteiger partial charge in [-0.3, -0.25) is 4.79 Å². The first kappa shape index (κ1) is 18.3. The fourth-order valence-electron chi connectivity index (χ4n) is 4.59. The minimum absolute atomic E-state index is 0. The van der Waals surface area contributed by atoms with Gasteiger partial charge in [0.25, 0.3) is 0 Å². The van der Waals surface area contributed by atoms with Gasteiger partial charge in [-0.25, -0.2) is 0 Å². The summed E-state index contributed by atoms with van der Waals surface area (Å²) in [6.07, 6.45) is 5.56.